The zero-order valence-corrected chi connectivity index (χ0v) is 12.2. The fourth-order valence-electron chi connectivity index (χ4n) is 2.16. The van der Waals surface area contributed by atoms with Crippen LogP contribution in [0, 0.1) is 12.7 Å². The summed E-state index contributed by atoms with van der Waals surface area (Å²) in [5, 5.41) is 5.52. The van der Waals surface area contributed by atoms with Crippen LogP contribution >= 0.6 is 11.3 Å². The quantitative estimate of drug-likeness (QED) is 0.896. The van der Waals surface area contributed by atoms with E-state index in [1.165, 1.54) is 23.6 Å². The van der Waals surface area contributed by atoms with Crippen molar-refractivity contribution in [1.29, 1.82) is 0 Å². The monoisotopic (exact) mass is 279 g/mol. The molecule has 19 heavy (non-hydrogen) atoms. The fraction of sp³-hybridized carbons (Fsp3) is 0.333. The lowest BCUT2D eigenvalue weighted by Gasteiger charge is -2.19. The molecule has 0 bridgehead atoms. The third-order valence-electron chi connectivity index (χ3n) is 3.13. The van der Waals surface area contributed by atoms with Crippen LogP contribution in [-0.2, 0) is 0 Å². The number of thiophene rings is 1. The highest BCUT2D eigenvalue weighted by molar-refractivity contribution is 7.10. The van der Waals surface area contributed by atoms with Crippen molar-refractivity contribution < 1.29 is 9.13 Å². The smallest absolute Gasteiger partial charge is 0.165 e. The Morgan fingerprint density at radius 2 is 2.16 bits per heavy atom. The first-order chi connectivity index (χ1) is 9.17. The Bertz CT molecular complexity index is 553. The van der Waals surface area contributed by atoms with Crippen LogP contribution in [0.5, 0.6) is 5.75 Å². The Morgan fingerprint density at radius 1 is 1.37 bits per heavy atom. The zero-order valence-electron chi connectivity index (χ0n) is 11.4. The first kappa shape index (κ1) is 14.0. The standard InChI is InChI=1S/C15H18FNOS/c1-4-17-15(12-7-8-19-10(12)2)11-5-6-13(16)14(9-11)18-3/h5-9,15,17H,4H2,1-3H3. The largest absolute Gasteiger partial charge is 0.494 e. The minimum atomic E-state index is -0.330. The molecule has 1 heterocycles. The van der Waals surface area contributed by atoms with Crippen LogP contribution in [-0.4, -0.2) is 13.7 Å². The van der Waals surface area contributed by atoms with Crippen LogP contribution in [0.2, 0.25) is 0 Å². The molecular weight excluding hydrogens is 261 g/mol. The van der Waals surface area contributed by atoms with E-state index in [1.54, 1.807) is 17.4 Å². The lowest BCUT2D eigenvalue weighted by atomic mass is 9.99. The normalized spacial score (nSPS) is 12.4. The van der Waals surface area contributed by atoms with Crippen molar-refractivity contribution in [3.05, 3.63) is 51.5 Å². The Kier molecular flexibility index (Phi) is 4.56. The summed E-state index contributed by atoms with van der Waals surface area (Å²) in [6.07, 6.45) is 0. The minimum Gasteiger partial charge on any atom is -0.494 e. The average molecular weight is 279 g/mol. The highest BCUT2D eigenvalue weighted by atomic mass is 32.1. The number of hydrogen-bond acceptors (Lipinski definition) is 3. The van der Waals surface area contributed by atoms with Gasteiger partial charge in [-0.05, 0) is 48.2 Å². The molecule has 0 amide bonds. The topological polar surface area (TPSA) is 21.3 Å². The van der Waals surface area contributed by atoms with Crippen LogP contribution in [0.1, 0.15) is 29.0 Å². The molecule has 1 aromatic heterocycles. The van der Waals surface area contributed by atoms with Crippen molar-refractivity contribution in [3.63, 3.8) is 0 Å². The number of hydrogen-bond donors (Lipinski definition) is 1. The molecule has 0 aliphatic heterocycles. The number of ether oxygens (including phenoxy) is 1. The molecule has 2 aromatic rings. The lowest BCUT2D eigenvalue weighted by Crippen LogP contribution is -2.22. The maximum absolute atomic E-state index is 13.5. The number of rotatable bonds is 5. The molecule has 4 heteroatoms. The summed E-state index contributed by atoms with van der Waals surface area (Å²) >= 11 is 1.72. The Labute approximate surface area is 117 Å². The summed E-state index contributed by atoms with van der Waals surface area (Å²) in [4.78, 5) is 1.27. The number of halogens is 1. The molecule has 0 saturated heterocycles. The maximum atomic E-state index is 13.5. The van der Waals surface area contributed by atoms with Crippen molar-refractivity contribution in [2.24, 2.45) is 0 Å². The van der Waals surface area contributed by atoms with Crippen molar-refractivity contribution >= 4 is 11.3 Å². The second kappa shape index (κ2) is 6.17. The molecule has 1 aromatic carbocycles. The fourth-order valence-corrected chi connectivity index (χ4v) is 2.90. The van der Waals surface area contributed by atoms with E-state index in [0.717, 1.165) is 12.1 Å². The summed E-state index contributed by atoms with van der Waals surface area (Å²) in [5.41, 5.74) is 2.25. The second-order valence-corrected chi connectivity index (χ2v) is 5.44. The van der Waals surface area contributed by atoms with Crippen molar-refractivity contribution in [2.75, 3.05) is 13.7 Å². The van der Waals surface area contributed by atoms with Gasteiger partial charge >= 0.3 is 0 Å². The first-order valence-corrected chi connectivity index (χ1v) is 7.16. The van der Waals surface area contributed by atoms with E-state index in [0.29, 0.717) is 0 Å². The minimum absolute atomic E-state index is 0.0748. The first-order valence-electron chi connectivity index (χ1n) is 6.28. The summed E-state index contributed by atoms with van der Waals surface area (Å²) in [6, 6.07) is 7.22. The number of benzene rings is 1. The highest BCUT2D eigenvalue weighted by Crippen LogP contribution is 2.30. The summed E-state index contributed by atoms with van der Waals surface area (Å²) in [7, 11) is 1.49. The number of aryl methyl sites for hydroxylation is 1. The van der Waals surface area contributed by atoms with Crippen molar-refractivity contribution in [2.45, 2.75) is 19.9 Å². The third kappa shape index (κ3) is 2.96. The van der Waals surface area contributed by atoms with Gasteiger partial charge in [-0.1, -0.05) is 13.0 Å². The van der Waals surface area contributed by atoms with Gasteiger partial charge in [0.2, 0.25) is 0 Å². The summed E-state index contributed by atoms with van der Waals surface area (Å²) in [6.45, 7) is 5.01. The van der Waals surface area contributed by atoms with Crippen molar-refractivity contribution in [1.82, 2.24) is 5.32 Å². The van der Waals surface area contributed by atoms with Crippen LogP contribution in [0.25, 0.3) is 0 Å². The van der Waals surface area contributed by atoms with Gasteiger partial charge in [0.1, 0.15) is 0 Å². The molecule has 2 rings (SSSR count). The molecule has 1 N–H and O–H groups in total. The third-order valence-corrected chi connectivity index (χ3v) is 3.99. The Balaban J connectivity index is 2.42. The number of methoxy groups -OCH3 is 1. The molecule has 0 aliphatic carbocycles. The Hall–Kier alpha value is -1.39. The van der Waals surface area contributed by atoms with E-state index in [-0.39, 0.29) is 17.6 Å². The van der Waals surface area contributed by atoms with E-state index in [2.05, 4.69) is 30.6 Å². The van der Waals surface area contributed by atoms with Crippen LogP contribution in [0.4, 0.5) is 4.39 Å². The molecule has 0 fully saturated rings. The SMILES string of the molecule is CCNC(c1ccc(F)c(OC)c1)c1ccsc1C. The van der Waals surface area contributed by atoms with Gasteiger partial charge in [-0.15, -0.1) is 11.3 Å². The van der Waals surface area contributed by atoms with Gasteiger partial charge in [0.05, 0.1) is 13.2 Å². The van der Waals surface area contributed by atoms with Crippen LogP contribution in [0.15, 0.2) is 29.6 Å². The molecule has 0 aliphatic rings. The van der Waals surface area contributed by atoms with Gasteiger partial charge in [0.15, 0.2) is 11.6 Å². The van der Waals surface area contributed by atoms with E-state index in [4.69, 9.17) is 4.74 Å². The van der Waals surface area contributed by atoms with E-state index < -0.39 is 0 Å². The van der Waals surface area contributed by atoms with Gasteiger partial charge in [0, 0.05) is 4.88 Å². The second-order valence-electron chi connectivity index (χ2n) is 4.32. The van der Waals surface area contributed by atoms with Crippen LogP contribution in [0.3, 0.4) is 0 Å². The Morgan fingerprint density at radius 3 is 2.74 bits per heavy atom. The molecular formula is C15H18FNOS. The van der Waals surface area contributed by atoms with Crippen molar-refractivity contribution in [3.8, 4) is 5.75 Å². The van der Waals surface area contributed by atoms with E-state index >= 15 is 0 Å². The van der Waals surface area contributed by atoms with Gasteiger partial charge in [0.25, 0.3) is 0 Å². The van der Waals surface area contributed by atoms with Gasteiger partial charge in [-0.3, -0.25) is 0 Å². The molecule has 1 unspecified atom stereocenters. The molecule has 102 valence electrons. The highest BCUT2D eigenvalue weighted by Gasteiger charge is 2.17. The van der Waals surface area contributed by atoms with Gasteiger partial charge < -0.3 is 10.1 Å². The predicted octanol–water partition coefficient (Wildman–Crippen LogP) is 3.90. The van der Waals surface area contributed by atoms with Gasteiger partial charge in [-0.25, -0.2) is 4.39 Å². The average Bonchev–Trinajstić information content (AvgIpc) is 2.83. The summed E-state index contributed by atoms with van der Waals surface area (Å²) < 4.78 is 18.6. The van der Waals surface area contributed by atoms with Gasteiger partial charge in [-0.2, -0.15) is 0 Å². The molecule has 0 saturated carbocycles. The lowest BCUT2D eigenvalue weighted by molar-refractivity contribution is 0.385. The zero-order chi connectivity index (χ0) is 13.8. The van der Waals surface area contributed by atoms with E-state index in [1.807, 2.05) is 6.07 Å². The summed E-state index contributed by atoms with van der Waals surface area (Å²) in [5.74, 6) is -0.0446. The maximum Gasteiger partial charge on any atom is 0.165 e. The predicted molar refractivity (Wildman–Crippen MR) is 77.5 cm³/mol. The van der Waals surface area contributed by atoms with E-state index in [9.17, 15) is 4.39 Å². The molecule has 0 spiro atoms. The molecule has 2 nitrogen and oxygen atoms in total. The molecule has 0 radical (unpaired) electrons. The molecule has 1 atom stereocenters. The number of nitrogens with one attached hydrogen (secondary N) is 1. The van der Waals surface area contributed by atoms with Crippen LogP contribution < -0.4 is 10.1 Å².